The Morgan fingerprint density at radius 1 is 1.29 bits per heavy atom. The number of benzene rings is 1. The minimum Gasteiger partial charge on any atom is -0.368 e. The maximum absolute atomic E-state index is 11.4. The normalized spacial score (nSPS) is 12.6. The van der Waals surface area contributed by atoms with Gasteiger partial charge >= 0.3 is 0 Å². The second kappa shape index (κ2) is 7.07. The van der Waals surface area contributed by atoms with Crippen LogP contribution in [0.25, 0.3) is 0 Å². The second-order valence-corrected chi connectivity index (χ2v) is 4.74. The molecule has 0 spiro atoms. The average molecular weight is 234 g/mol. The van der Waals surface area contributed by atoms with Gasteiger partial charge in [-0.3, -0.25) is 4.79 Å². The van der Waals surface area contributed by atoms with Crippen molar-refractivity contribution >= 4 is 5.91 Å². The second-order valence-electron chi connectivity index (χ2n) is 4.74. The summed E-state index contributed by atoms with van der Waals surface area (Å²) in [6.07, 6.45) is 2.22. The SMILES string of the molecule is CC(C)CCCN[C@H](C(N)=O)c1ccccc1. The van der Waals surface area contributed by atoms with E-state index in [0.29, 0.717) is 5.92 Å². The molecule has 0 bridgehead atoms. The van der Waals surface area contributed by atoms with Gasteiger partial charge < -0.3 is 11.1 Å². The first-order chi connectivity index (χ1) is 8.11. The summed E-state index contributed by atoms with van der Waals surface area (Å²) >= 11 is 0. The first-order valence-corrected chi connectivity index (χ1v) is 6.19. The number of rotatable bonds is 7. The van der Waals surface area contributed by atoms with Crippen molar-refractivity contribution in [2.45, 2.75) is 32.7 Å². The lowest BCUT2D eigenvalue weighted by molar-refractivity contribution is -0.120. The fraction of sp³-hybridized carbons (Fsp3) is 0.500. The van der Waals surface area contributed by atoms with Crippen LogP contribution in [0, 0.1) is 5.92 Å². The molecule has 1 amide bonds. The van der Waals surface area contributed by atoms with Crippen LogP contribution in [0.3, 0.4) is 0 Å². The molecule has 0 heterocycles. The summed E-state index contributed by atoms with van der Waals surface area (Å²) in [4.78, 5) is 11.4. The Bertz CT molecular complexity index is 335. The summed E-state index contributed by atoms with van der Waals surface area (Å²) in [5, 5.41) is 3.22. The molecule has 1 rings (SSSR count). The summed E-state index contributed by atoms with van der Waals surface area (Å²) in [6.45, 7) is 5.21. The number of amides is 1. The van der Waals surface area contributed by atoms with Gasteiger partial charge in [0, 0.05) is 0 Å². The zero-order valence-corrected chi connectivity index (χ0v) is 10.6. The summed E-state index contributed by atoms with van der Waals surface area (Å²) in [5.41, 5.74) is 6.34. The lowest BCUT2D eigenvalue weighted by Gasteiger charge is -2.16. The van der Waals surface area contributed by atoms with Gasteiger partial charge in [0.1, 0.15) is 6.04 Å². The van der Waals surface area contributed by atoms with Gasteiger partial charge in [-0.25, -0.2) is 0 Å². The minimum absolute atomic E-state index is 0.319. The topological polar surface area (TPSA) is 55.1 Å². The van der Waals surface area contributed by atoms with Gasteiger partial charge in [-0.05, 0) is 30.9 Å². The number of primary amides is 1. The molecule has 0 fully saturated rings. The first kappa shape index (κ1) is 13.7. The highest BCUT2D eigenvalue weighted by Crippen LogP contribution is 2.12. The van der Waals surface area contributed by atoms with Crippen LogP contribution in [0.5, 0.6) is 0 Å². The molecule has 0 aliphatic carbocycles. The van der Waals surface area contributed by atoms with Crippen molar-refractivity contribution in [2.75, 3.05) is 6.54 Å². The number of carbonyl (C=O) groups excluding carboxylic acids is 1. The highest BCUT2D eigenvalue weighted by Gasteiger charge is 2.15. The molecular formula is C14H22N2O. The predicted molar refractivity (Wildman–Crippen MR) is 70.5 cm³/mol. The molecule has 0 aliphatic rings. The highest BCUT2D eigenvalue weighted by molar-refractivity contribution is 5.81. The van der Waals surface area contributed by atoms with E-state index in [1.807, 2.05) is 30.3 Å². The van der Waals surface area contributed by atoms with Gasteiger partial charge in [0.15, 0.2) is 0 Å². The van der Waals surface area contributed by atoms with Crippen molar-refractivity contribution in [1.82, 2.24) is 5.32 Å². The van der Waals surface area contributed by atoms with E-state index in [4.69, 9.17) is 5.73 Å². The Morgan fingerprint density at radius 2 is 1.94 bits per heavy atom. The third-order valence-electron chi connectivity index (χ3n) is 2.72. The average Bonchev–Trinajstić information content (AvgIpc) is 2.29. The number of hydrogen-bond acceptors (Lipinski definition) is 2. The molecule has 3 heteroatoms. The van der Waals surface area contributed by atoms with Crippen molar-refractivity contribution in [1.29, 1.82) is 0 Å². The maximum atomic E-state index is 11.4. The molecule has 3 nitrogen and oxygen atoms in total. The standard InChI is InChI=1S/C14H22N2O/c1-11(2)7-6-10-16-13(14(15)17)12-8-4-3-5-9-12/h3-5,8-9,11,13,16H,6-7,10H2,1-2H3,(H2,15,17)/t13-/m0/s1. The van der Waals surface area contributed by atoms with Gasteiger partial charge in [0.2, 0.25) is 5.91 Å². The molecule has 1 atom stereocenters. The van der Waals surface area contributed by atoms with Crippen molar-refractivity contribution in [3.63, 3.8) is 0 Å². The highest BCUT2D eigenvalue weighted by atomic mass is 16.1. The van der Waals surface area contributed by atoms with E-state index in [1.165, 1.54) is 0 Å². The van der Waals surface area contributed by atoms with E-state index in [-0.39, 0.29) is 11.9 Å². The van der Waals surface area contributed by atoms with E-state index < -0.39 is 0 Å². The Balaban J connectivity index is 2.48. The summed E-state index contributed by atoms with van der Waals surface area (Å²) in [7, 11) is 0. The molecule has 0 aliphatic heterocycles. The van der Waals surface area contributed by atoms with Crippen LogP contribution in [0.1, 0.15) is 38.3 Å². The maximum Gasteiger partial charge on any atom is 0.239 e. The molecule has 17 heavy (non-hydrogen) atoms. The monoisotopic (exact) mass is 234 g/mol. The molecular weight excluding hydrogens is 212 g/mol. The van der Waals surface area contributed by atoms with Crippen molar-refractivity contribution < 1.29 is 4.79 Å². The first-order valence-electron chi connectivity index (χ1n) is 6.19. The minimum atomic E-state index is -0.372. The van der Waals surface area contributed by atoms with Gasteiger partial charge in [0.05, 0.1) is 0 Å². The van der Waals surface area contributed by atoms with E-state index in [1.54, 1.807) is 0 Å². The van der Waals surface area contributed by atoms with Crippen LogP contribution in [0.15, 0.2) is 30.3 Å². The van der Waals surface area contributed by atoms with E-state index in [9.17, 15) is 4.79 Å². The Kier molecular flexibility index (Phi) is 5.70. The summed E-state index contributed by atoms with van der Waals surface area (Å²) in [5.74, 6) is 0.376. The van der Waals surface area contributed by atoms with Gasteiger partial charge in [-0.15, -0.1) is 0 Å². The van der Waals surface area contributed by atoms with Gasteiger partial charge in [0.25, 0.3) is 0 Å². The fourth-order valence-electron chi connectivity index (χ4n) is 1.78. The molecule has 1 aromatic rings. The van der Waals surface area contributed by atoms with Crippen LogP contribution in [0.2, 0.25) is 0 Å². The molecule has 0 aromatic heterocycles. The lowest BCUT2D eigenvalue weighted by Crippen LogP contribution is -2.34. The molecule has 0 unspecified atom stereocenters. The van der Waals surface area contributed by atoms with Crippen LogP contribution < -0.4 is 11.1 Å². The van der Waals surface area contributed by atoms with E-state index in [2.05, 4.69) is 19.2 Å². The molecule has 0 saturated heterocycles. The van der Waals surface area contributed by atoms with Crippen molar-refractivity contribution in [3.05, 3.63) is 35.9 Å². The number of nitrogens with two attached hydrogens (primary N) is 1. The van der Waals surface area contributed by atoms with E-state index in [0.717, 1.165) is 24.9 Å². The zero-order chi connectivity index (χ0) is 12.7. The third kappa shape index (κ3) is 5.00. The molecule has 94 valence electrons. The number of nitrogens with one attached hydrogen (secondary N) is 1. The molecule has 3 N–H and O–H groups in total. The molecule has 1 aromatic carbocycles. The van der Waals surface area contributed by atoms with Crippen LogP contribution >= 0.6 is 0 Å². The predicted octanol–water partition coefficient (Wildman–Crippen LogP) is 2.24. The quantitative estimate of drug-likeness (QED) is 0.711. The molecule has 0 radical (unpaired) electrons. The van der Waals surface area contributed by atoms with E-state index >= 15 is 0 Å². The van der Waals surface area contributed by atoms with Crippen LogP contribution in [-0.2, 0) is 4.79 Å². The Hall–Kier alpha value is -1.35. The number of carbonyl (C=O) groups is 1. The molecule has 0 saturated carbocycles. The summed E-state index contributed by atoms with van der Waals surface area (Å²) in [6, 6.07) is 9.24. The van der Waals surface area contributed by atoms with Crippen molar-refractivity contribution in [2.24, 2.45) is 11.7 Å². The number of hydrogen-bond donors (Lipinski definition) is 2. The lowest BCUT2D eigenvalue weighted by atomic mass is 10.1. The van der Waals surface area contributed by atoms with Gasteiger partial charge in [-0.1, -0.05) is 44.2 Å². The summed E-state index contributed by atoms with van der Waals surface area (Å²) < 4.78 is 0. The van der Waals surface area contributed by atoms with Crippen LogP contribution in [-0.4, -0.2) is 12.5 Å². The third-order valence-corrected chi connectivity index (χ3v) is 2.72. The fourth-order valence-corrected chi connectivity index (χ4v) is 1.78. The Labute approximate surface area is 103 Å². The Morgan fingerprint density at radius 3 is 2.47 bits per heavy atom. The largest absolute Gasteiger partial charge is 0.368 e. The van der Waals surface area contributed by atoms with Crippen molar-refractivity contribution in [3.8, 4) is 0 Å². The van der Waals surface area contributed by atoms with Crippen LogP contribution in [0.4, 0.5) is 0 Å². The zero-order valence-electron chi connectivity index (χ0n) is 10.6. The van der Waals surface area contributed by atoms with Gasteiger partial charge in [-0.2, -0.15) is 0 Å². The smallest absolute Gasteiger partial charge is 0.239 e.